The van der Waals surface area contributed by atoms with Crippen molar-refractivity contribution < 1.29 is 0 Å². The molecule has 0 spiro atoms. The van der Waals surface area contributed by atoms with E-state index in [0.717, 1.165) is 18.3 Å². The summed E-state index contributed by atoms with van der Waals surface area (Å²) in [6.07, 6.45) is 4.36. The molecule has 3 heteroatoms. The van der Waals surface area contributed by atoms with Crippen LogP contribution in [0.15, 0.2) is 24.4 Å². The first-order chi connectivity index (χ1) is 6.36. The molecule has 1 atom stereocenters. The zero-order chi connectivity index (χ0) is 9.10. The Hall–Kier alpha value is -0.760. The maximum atomic E-state index is 6.14. The summed E-state index contributed by atoms with van der Waals surface area (Å²) in [4.78, 5) is 4.16. The van der Waals surface area contributed by atoms with Gasteiger partial charge in [-0.05, 0) is 30.9 Å². The summed E-state index contributed by atoms with van der Waals surface area (Å²) in [6, 6.07) is 5.83. The van der Waals surface area contributed by atoms with Crippen LogP contribution in [0.4, 0.5) is 5.82 Å². The van der Waals surface area contributed by atoms with Crippen LogP contribution in [-0.2, 0) is 0 Å². The van der Waals surface area contributed by atoms with E-state index in [1.54, 1.807) is 6.20 Å². The smallest absolute Gasteiger partial charge is 0.125 e. The average Bonchev–Trinajstić information content (AvgIpc) is 2.99. The minimum atomic E-state index is 0.266. The van der Waals surface area contributed by atoms with Crippen LogP contribution in [-0.4, -0.2) is 16.9 Å². The molecule has 0 aliphatic heterocycles. The largest absolute Gasteiger partial charge is 0.369 e. The second kappa shape index (κ2) is 3.97. The number of halogens is 1. The van der Waals surface area contributed by atoms with E-state index < -0.39 is 0 Å². The minimum Gasteiger partial charge on any atom is -0.369 e. The Bertz CT molecular complexity index is 259. The van der Waals surface area contributed by atoms with Crippen molar-refractivity contribution in [3.8, 4) is 0 Å². The van der Waals surface area contributed by atoms with Gasteiger partial charge in [0.15, 0.2) is 0 Å². The van der Waals surface area contributed by atoms with E-state index >= 15 is 0 Å². The molecule has 1 aliphatic carbocycles. The van der Waals surface area contributed by atoms with E-state index in [2.05, 4.69) is 10.3 Å². The number of rotatable bonds is 4. The summed E-state index contributed by atoms with van der Waals surface area (Å²) in [5, 5.41) is 3.49. The summed E-state index contributed by atoms with van der Waals surface area (Å²) >= 11 is 6.14. The summed E-state index contributed by atoms with van der Waals surface area (Å²) in [5.41, 5.74) is 0. The van der Waals surface area contributed by atoms with Crippen LogP contribution in [0.2, 0.25) is 0 Å². The summed E-state index contributed by atoms with van der Waals surface area (Å²) in [7, 11) is 0. The quantitative estimate of drug-likeness (QED) is 0.749. The highest BCUT2D eigenvalue weighted by molar-refractivity contribution is 6.21. The van der Waals surface area contributed by atoms with E-state index in [1.807, 2.05) is 18.2 Å². The first-order valence-corrected chi connectivity index (χ1v) is 5.09. The van der Waals surface area contributed by atoms with Crippen molar-refractivity contribution in [2.24, 2.45) is 5.92 Å². The molecule has 1 heterocycles. The molecule has 2 nitrogen and oxygen atoms in total. The average molecular weight is 197 g/mol. The first-order valence-electron chi connectivity index (χ1n) is 4.65. The van der Waals surface area contributed by atoms with E-state index in [-0.39, 0.29) is 5.38 Å². The Labute approximate surface area is 83.3 Å². The number of nitrogens with one attached hydrogen (secondary N) is 1. The molecule has 1 aliphatic rings. The lowest BCUT2D eigenvalue weighted by Crippen LogP contribution is -2.16. The fourth-order valence-electron chi connectivity index (χ4n) is 1.29. The molecule has 13 heavy (non-hydrogen) atoms. The number of hydrogen-bond donors (Lipinski definition) is 1. The number of nitrogens with zero attached hydrogens (tertiary/aromatic N) is 1. The second-order valence-corrected chi connectivity index (χ2v) is 4.01. The number of anilines is 1. The van der Waals surface area contributed by atoms with Crippen molar-refractivity contribution in [1.82, 2.24) is 4.98 Å². The molecular weight excluding hydrogens is 184 g/mol. The van der Waals surface area contributed by atoms with Gasteiger partial charge in [-0.3, -0.25) is 0 Å². The van der Waals surface area contributed by atoms with Crippen LogP contribution < -0.4 is 5.32 Å². The van der Waals surface area contributed by atoms with Crippen molar-refractivity contribution in [3.05, 3.63) is 24.4 Å². The summed E-state index contributed by atoms with van der Waals surface area (Å²) in [6.45, 7) is 0.823. The molecule has 1 aromatic rings. The molecule has 1 unspecified atom stereocenters. The maximum Gasteiger partial charge on any atom is 0.125 e. The van der Waals surface area contributed by atoms with Crippen LogP contribution in [0.1, 0.15) is 12.8 Å². The molecule has 0 bridgehead atoms. The van der Waals surface area contributed by atoms with Gasteiger partial charge in [-0.25, -0.2) is 4.98 Å². The lowest BCUT2D eigenvalue weighted by Gasteiger charge is -2.09. The zero-order valence-electron chi connectivity index (χ0n) is 7.41. The van der Waals surface area contributed by atoms with Gasteiger partial charge in [0.05, 0.1) is 5.38 Å². The van der Waals surface area contributed by atoms with E-state index in [1.165, 1.54) is 12.8 Å². The second-order valence-electron chi connectivity index (χ2n) is 3.45. The van der Waals surface area contributed by atoms with E-state index in [9.17, 15) is 0 Å². The van der Waals surface area contributed by atoms with E-state index in [4.69, 9.17) is 11.6 Å². The van der Waals surface area contributed by atoms with Crippen molar-refractivity contribution >= 4 is 17.4 Å². The van der Waals surface area contributed by atoms with Gasteiger partial charge >= 0.3 is 0 Å². The highest BCUT2D eigenvalue weighted by Crippen LogP contribution is 2.35. The predicted molar refractivity (Wildman–Crippen MR) is 55.1 cm³/mol. The topological polar surface area (TPSA) is 24.9 Å². The summed E-state index contributed by atoms with van der Waals surface area (Å²) in [5.74, 6) is 1.65. The molecule has 0 radical (unpaired) electrons. The lowest BCUT2D eigenvalue weighted by molar-refractivity contribution is 0.768. The minimum absolute atomic E-state index is 0.266. The van der Waals surface area contributed by atoms with Gasteiger partial charge in [0.1, 0.15) is 5.82 Å². The Kier molecular flexibility index (Phi) is 2.69. The monoisotopic (exact) mass is 196 g/mol. The van der Waals surface area contributed by atoms with Gasteiger partial charge in [-0.2, -0.15) is 0 Å². The normalized spacial score (nSPS) is 18.2. The zero-order valence-corrected chi connectivity index (χ0v) is 8.17. The third-order valence-electron chi connectivity index (χ3n) is 2.28. The molecule has 1 aromatic heterocycles. The van der Waals surface area contributed by atoms with Gasteiger partial charge in [-0.15, -0.1) is 11.6 Å². The lowest BCUT2D eigenvalue weighted by atomic mass is 10.3. The number of pyridine rings is 1. The van der Waals surface area contributed by atoms with Crippen molar-refractivity contribution in [1.29, 1.82) is 0 Å². The van der Waals surface area contributed by atoms with Crippen LogP contribution in [0.25, 0.3) is 0 Å². The van der Waals surface area contributed by atoms with Crippen LogP contribution in [0.3, 0.4) is 0 Å². The predicted octanol–water partition coefficient (Wildman–Crippen LogP) is 2.51. The number of alkyl halides is 1. The molecule has 70 valence electrons. The van der Waals surface area contributed by atoms with Gasteiger partial charge < -0.3 is 5.32 Å². The number of aromatic nitrogens is 1. The molecule has 1 N–H and O–H groups in total. The Balaban J connectivity index is 1.78. The first kappa shape index (κ1) is 8.82. The van der Waals surface area contributed by atoms with Crippen LogP contribution >= 0.6 is 11.6 Å². The Morgan fingerprint density at radius 1 is 1.54 bits per heavy atom. The Morgan fingerprint density at radius 3 is 3.00 bits per heavy atom. The molecule has 0 saturated heterocycles. The molecular formula is C10H13ClN2. The fourth-order valence-corrected chi connectivity index (χ4v) is 1.62. The van der Waals surface area contributed by atoms with Crippen molar-refractivity contribution in [2.75, 3.05) is 11.9 Å². The fraction of sp³-hybridized carbons (Fsp3) is 0.500. The number of hydrogen-bond acceptors (Lipinski definition) is 2. The standard InChI is InChI=1S/C10H13ClN2/c11-9(8-4-5-8)7-13-10-3-1-2-6-12-10/h1-3,6,8-9H,4-5,7H2,(H,12,13). The van der Waals surface area contributed by atoms with Crippen LogP contribution in [0.5, 0.6) is 0 Å². The molecule has 0 amide bonds. The summed E-state index contributed by atoms with van der Waals surface area (Å²) < 4.78 is 0. The highest BCUT2D eigenvalue weighted by atomic mass is 35.5. The molecule has 0 aromatic carbocycles. The molecule has 1 fully saturated rings. The Morgan fingerprint density at radius 2 is 2.38 bits per heavy atom. The van der Waals surface area contributed by atoms with Crippen LogP contribution in [0, 0.1) is 5.92 Å². The third kappa shape index (κ3) is 2.59. The SMILES string of the molecule is ClC(CNc1ccccn1)C1CC1. The molecule has 2 rings (SSSR count). The molecule has 1 saturated carbocycles. The van der Waals surface area contributed by atoms with Gasteiger partial charge in [0, 0.05) is 12.7 Å². The van der Waals surface area contributed by atoms with Crippen molar-refractivity contribution in [2.45, 2.75) is 18.2 Å². The maximum absolute atomic E-state index is 6.14. The van der Waals surface area contributed by atoms with E-state index in [0.29, 0.717) is 0 Å². The highest BCUT2D eigenvalue weighted by Gasteiger charge is 2.29. The third-order valence-corrected chi connectivity index (χ3v) is 2.79. The van der Waals surface area contributed by atoms with Crippen molar-refractivity contribution in [3.63, 3.8) is 0 Å². The van der Waals surface area contributed by atoms with Gasteiger partial charge in [-0.1, -0.05) is 6.07 Å². The van der Waals surface area contributed by atoms with Gasteiger partial charge in [0.25, 0.3) is 0 Å². The van der Waals surface area contributed by atoms with Gasteiger partial charge in [0.2, 0.25) is 0 Å².